The van der Waals surface area contributed by atoms with Crippen molar-refractivity contribution >= 4 is 16.7 Å². The van der Waals surface area contributed by atoms with Gasteiger partial charge in [0, 0.05) is 18.7 Å². The summed E-state index contributed by atoms with van der Waals surface area (Å²) in [6, 6.07) is 11.8. The topological polar surface area (TPSA) is 29.5 Å². The van der Waals surface area contributed by atoms with Crippen LogP contribution in [0.25, 0.3) is 10.8 Å². The van der Waals surface area contributed by atoms with Crippen LogP contribution in [0.5, 0.6) is 5.75 Å². The number of hydrogen-bond donors (Lipinski definition) is 0. The standard InChI is InChI=1S/C18H21NO2/c1-13-4-3-9-19(12-13)18(20)16-6-5-15-11-17(21-2)8-7-14(15)10-16/h5-8,10-11,13H,3-4,9,12H2,1-2H3/t13-/m0/s1. The molecule has 0 bridgehead atoms. The largest absolute Gasteiger partial charge is 0.497 e. The van der Waals surface area contributed by atoms with Gasteiger partial charge in [-0.3, -0.25) is 4.79 Å². The molecular weight excluding hydrogens is 262 g/mol. The fourth-order valence-electron chi connectivity index (χ4n) is 3.04. The lowest BCUT2D eigenvalue weighted by molar-refractivity contribution is 0.0683. The van der Waals surface area contributed by atoms with Crippen LogP contribution in [0, 0.1) is 5.92 Å². The minimum absolute atomic E-state index is 0.152. The van der Waals surface area contributed by atoms with Crippen molar-refractivity contribution in [3.8, 4) is 5.75 Å². The fourth-order valence-corrected chi connectivity index (χ4v) is 3.04. The van der Waals surface area contributed by atoms with Gasteiger partial charge >= 0.3 is 0 Å². The SMILES string of the molecule is COc1ccc2cc(C(=O)N3CCC[C@H](C)C3)ccc2c1. The number of fused-ring (bicyclic) bond motifs is 1. The molecule has 1 fully saturated rings. The van der Waals surface area contributed by atoms with Gasteiger partial charge in [0.05, 0.1) is 7.11 Å². The molecule has 1 atom stereocenters. The van der Waals surface area contributed by atoms with Gasteiger partial charge in [-0.25, -0.2) is 0 Å². The number of rotatable bonds is 2. The first-order valence-corrected chi connectivity index (χ1v) is 7.54. The molecule has 0 N–H and O–H groups in total. The van der Waals surface area contributed by atoms with Crippen molar-refractivity contribution in [3.63, 3.8) is 0 Å². The molecule has 0 spiro atoms. The second-order valence-electron chi connectivity index (χ2n) is 5.93. The van der Waals surface area contributed by atoms with E-state index in [1.165, 1.54) is 6.42 Å². The Kier molecular flexibility index (Phi) is 3.82. The molecule has 0 saturated carbocycles. The van der Waals surface area contributed by atoms with Crippen LogP contribution in [-0.4, -0.2) is 31.0 Å². The van der Waals surface area contributed by atoms with E-state index in [4.69, 9.17) is 4.74 Å². The van der Waals surface area contributed by atoms with E-state index in [9.17, 15) is 4.79 Å². The third kappa shape index (κ3) is 2.87. The van der Waals surface area contributed by atoms with E-state index in [1.807, 2.05) is 41.3 Å². The van der Waals surface area contributed by atoms with Gasteiger partial charge in [0.1, 0.15) is 5.75 Å². The predicted octanol–water partition coefficient (Wildman–Crippen LogP) is 3.72. The molecule has 2 aromatic carbocycles. The molecule has 1 aliphatic rings. The normalized spacial score (nSPS) is 18.8. The Morgan fingerprint density at radius 1 is 1.19 bits per heavy atom. The molecule has 110 valence electrons. The summed E-state index contributed by atoms with van der Waals surface area (Å²) >= 11 is 0. The van der Waals surface area contributed by atoms with E-state index >= 15 is 0 Å². The summed E-state index contributed by atoms with van der Waals surface area (Å²) in [5.41, 5.74) is 0.779. The lowest BCUT2D eigenvalue weighted by atomic mass is 9.99. The Bertz CT molecular complexity index is 665. The number of likely N-dealkylation sites (tertiary alicyclic amines) is 1. The summed E-state index contributed by atoms with van der Waals surface area (Å²) in [7, 11) is 1.66. The molecule has 0 unspecified atom stereocenters. The fraction of sp³-hybridized carbons (Fsp3) is 0.389. The highest BCUT2D eigenvalue weighted by molar-refractivity contribution is 5.98. The number of methoxy groups -OCH3 is 1. The maximum absolute atomic E-state index is 12.6. The van der Waals surface area contributed by atoms with Crippen LogP contribution in [0.2, 0.25) is 0 Å². The number of amides is 1. The number of benzene rings is 2. The lowest BCUT2D eigenvalue weighted by Gasteiger charge is -2.31. The Morgan fingerprint density at radius 2 is 1.95 bits per heavy atom. The molecule has 3 heteroatoms. The van der Waals surface area contributed by atoms with E-state index < -0.39 is 0 Å². The van der Waals surface area contributed by atoms with Crippen molar-refractivity contribution in [2.24, 2.45) is 5.92 Å². The predicted molar refractivity (Wildman–Crippen MR) is 84.8 cm³/mol. The third-order valence-electron chi connectivity index (χ3n) is 4.24. The van der Waals surface area contributed by atoms with Crippen molar-refractivity contribution in [2.75, 3.05) is 20.2 Å². The monoisotopic (exact) mass is 283 g/mol. The molecule has 1 amide bonds. The molecule has 0 radical (unpaired) electrons. The first kappa shape index (κ1) is 13.9. The molecular formula is C18H21NO2. The molecule has 3 rings (SSSR count). The Labute approximate surface area is 125 Å². The summed E-state index contributed by atoms with van der Waals surface area (Å²) in [4.78, 5) is 14.6. The first-order valence-electron chi connectivity index (χ1n) is 7.54. The maximum Gasteiger partial charge on any atom is 0.253 e. The van der Waals surface area contributed by atoms with Gasteiger partial charge in [-0.1, -0.05) is 19.1 Å². The lowest BCUT2D eigenvalue weighted by Crippen LogP contribution is -2.39. The Hall–Kier alpha value is -2.03. The summed E-state index contributed by atoms with van der Waals surface area (Å²) in [6.45, 7) is 3.97. The molecule has 1 heterocycles. The Balaban J connectivity index is 1.88. The highest BCUT2D eigenvalue weighted by Gasteiger charge is 2.22. The van der Waals surface area contributed by atoms with Crippen LogP contribution in [0.3, 0.4) is 0 Å². The third-order valence-corrected chi connectivity index (χ3v) is 4.24. The van der Waals surface area contributed by atoms with Crippen LogP contribution < -0.4 is 4.74 Å². The van der Waals surface area contributed by atoms with Crippen LogP contribution in [0.1, 0.15) is 30.1 Å². The maximum atomic E-state index is 12.6. The molecule has 1 aliphatic heterocycles. The van der Waals surface area contributed by atoms with Gasteiger partial charge in [-0.15, -0.1) is 0 Å². The second kappa shape index (κ2) is 5.76. The number of hydrogen-bond acceptors (Lipinski definition) is 2. The van der Waals surface area contributed by atoms with Gasteiger partial charge in [-0.2, -0.15) is 0 Å². The van der Waals surface area contributed by atoms with Gasteiger partial charge in [0.25, 0.3) is 5.91 Å². The molecule has 1 saturated heterocycles. The average molecular weight is 283 g/mol. The highest BCUT2D eigenvalue weighted by Crippen LogP contribution is 2.23. The summed E-state index contributed by atoms with van der Waals surface area (Å²) in [5, 5.41) is 2.17. The zero-order valence-corrected chi connectivity index (χ0v) is 12.6. The smallest absolute Gasteiger partial charge is 0.253 e. The van der Waals surface area contributed by atoms with Crippen LogP contribution >= 0.6 is 0 Å². The second-order valence-corrected chi connectivity index (χ2v) is 5.93. The minimum Gasteiger partial charge on any atom is -0.497 e. The number of piperidine rings is 1. The van der Waals surface area contributed by atoms with E-state index in [0.29, 0.717) is 5.92 Å². The van der Waals surface area contributed by atoms with E-state index in [1.54, 1.807) is 7.11 Å². The molecule has 0 aromatic heterocycles. The first-order chi connectivity index (χ1) is 10.2. The summed E-state index contributed by atoms with van der Waals surface area (Å²) < 4.78 is 5.23. The van der Waals surface area contributed by atoms with Crippen LogP contribution in [0.4, 0.5) is 0 Å². The van der Waals surface area contributed by atoms with E-state index in [-0.39, 0.29) is 5.91 Å². The van der Waals surface area contributed by atoms with Crippen molar-refractivity contribution < 1.29 is 9.53 Å². The van der Waals surface area contributed by atoms with Gasteiger partial charge in [0.2, 0.25) is 0 Å². The minimum atomic E-state index is 0.152. The van der Waals surface area contributed by atoms with Gasteiger partial charge in [-0.05, 0) is 53.8 Å². The zero-order chi connectivity index (χ0) is 14.8. The zero-order valence-electron chi connectivity index (χ0n) is 12.6. The molecule has 21 heavy (non-hydrogen) atoms. The van der Waals surface area contributed by atoms with Crippen molar-refractivity contribution in [2.45, 2.75) is 19.8 Å². The molecule has 0 aliphatic carbocycles. The summed E-state index contributed by atoms with van der Waals surface area (Å²) in [6.07, 6.45) is 2.33. The van der Waals surface area contributed by atoms with Crippen LogP contribution in [-0.2, 0) is 0 Å². The van der Waals surface area contributed by atoms with Gasteiger partial charge in [0.15, 0.2) is 0 Å². The number of carbonyl (C=O) groups is 1. The van der Waals surface area contributed by atoms with Crippen molar-refractivity contribution in [1.82, 2.24) is 4.90 Å². The van der Waals surface area contributed by atoms with Crippen LogP contribution in [0.15, 0.2) is 36.4 Å². The van der Waals surface area contributed by atoms with Crippen molar-refractivity contribution in [1.29, 1.82) is 0 Å². The van der Waals surface area contributed by atoms with Gasteiger partial charge < -0.3 is 9.64 Å². The Morgan fingerprint density at radius 3 is 2.71 bits per heavy atom. The number of nitrogens with zero attached hydrogens (tertiary/aromatic N) is 1. The highest BCUT2D eigenvalue weighted by atomic mass is 16.5. The van der Waals surface area contributed by atoms with Crippen molar-refractivity contribution in [3.05, 3.63) is 42.0 Å². The average Bonchev–Trinajstić information content (AvgIpc) is 2.53. The molecule has 3 nitrogen and oxygen atoms in total. The van der Waals surface area contributed by atoms with E-state index in [2.05, 4.69) is 6.92 Å². The number of ether oxygens (including phenoxy) is 1. The quantitative estimate of drug-likeness (QED) is 0.840. The van der Waals surface area contributed by atoms with E-state index in [0.717, 1.165) is 41.6 Å². The summed E-state index contributed by atoms with van der Waals surface area (Å²) in [5.74, 6) is 1.60. The number of carbonyl (C=O) groups excluding carboxylic acids is 1. The molecule has 2 aromatic rings.